The maximum absolute atomic E-state index is 5.90. The summed E-state index contributed by atoms with van der Waals surface area (Å²) in [7, 11) is 0. The molecule has 0 amide bonds. The van der Waals surface area contributed by atoms with Gasteiger partial charge in [-0.1, -0.05) is 11.6 Å². The highest BCUT2D eigenvalue weighted by molar-refractivity contribution is 6.31. The number of nitrogen functional groups attached to an aromatic ring is 1. The monoisotopic (exact) mass is 256 g/mol. The van der Waals surface area contributed by atoms with E-state index in [2.05, 4.69) is 5.32 Å². The minimum atomic E-state index is 0.312. The molecule has 0 spiro atoms. The lowest BCUT2D eigenvalue weighted by Crippen LogP contribution is -2.07. The fraction of sp³-hybridized carbons (Fsp3) is 0.538. The average Bonchev–Trinajstić information content (AvgIpc) is 2.27. The van der Waals surface area contributed by atoms with E-state index >= 15 is 0 Å². The quantitative estimate of drug-likeness (QED) is 0.579. The number of benzene rings is 1. The molecule has 0 aliphatic rings. The van der Waals surface area contributed by atoms with Gasteiger partial charge < -0.3 is 15.8 Å². The topological polar surface area (TPSA) is 47.3 Å². The van der Waals surface area contributed by atoms with Crippen molar-refractivity contribution in [3.8, 4) is 0 Å². The maximum Gasteiger partial charge on any atom is 0.0588 e. The minimum absolute atomic E-state index is 0.312. The van der Waals surface area contributed by atoms with Crippen LogP contribution in [0.15, 0.2) is 18.2 Å². The molecule has 0 fully saturated rings. The highest BCUT2D eigenvalue weighted by atomic mass is 35.5. The minimum Gasteiger partial charge on any atom is -0.397 e. The van der Waals surface area contributed by atoms with E-state index in [1.165, 1.54) is 0 Å². The number of hydrogen-bond acceptors (Lipinski definition) is 3. The summed E-state index contributed by atoms with van der Waals surface area (Å²) in [5.74, 6) is 0. The second-order valence-electron chi connectivity index (χ2n) is 4.29. The van der Waals surface area contributed by atoms with Gasteiger partial charge in [0.05, 0.1) is 17.5 Å². The molecule has 0 aliphatic carbocycles. The van der Waals surface area contributed by atoms with Gasteiger partial charge in [-0.25, -0.2) is 0 Å². The molecule has 96 valence electrons. The predicted octanol–water partition coefficient (Wildman–Crippen LogP) is 3.54. The second-order valence-corrected chi connectivity index (χ2v) is 4.72. The third kappa shape index (κ3) is 5.80. The molecule has 0 aromatic heterocycles. The van der Waals surface area contributed by atoms with Gasteiger partial charge in [0.2, 0.25) is 0 Å². The molecule has 0 bridgehead atoms. The van der Waals surface area contributed by atoms with Crippen molar-refractivity contribution >= 4 is 23.0 Å². The standard InChI is InChI=1S/C13H21ClN2O/c1-10(2)17-8-4-3-7-16-13-9-11(14)5-6-12(13)15/h5-6,9-10,16H,3-4,7-8,15H2,1-2H3. The van der Waals surface area contributed by atoms with E-state index in [1.54, 1.807) is 6.07 Å². The first-order chi connectivity index (χ1) is 8.09. The van der Waals surface area contributed by atoms with Crippen LogP contribution in [0.3, 0.4) is 0 Å². The van der Waals surface area contributed by atoms with Crippen molar-refractivity contribution in [3.63, 3.8) is 0 Å². The van der Waals surface area contributed by atoms with Crippen molar-refractivity contribution in [2.24, 2.45) is 0 Å². The van der Waals surface area contributed by atoms with Gasteiger partial charge in [-0.15, -0.1) is 0 Å². The zero-order valence-corrected chi connectivity index (χ0v) is 11.3. The molecule has 1 aromatic rings. The van der Waals surface area contributed by atoms with E-state index in [1.807, 2.05) is 26.0 Å². The molecule has 1 aromatic carbocycles. The predicted molar refractivity (Wildman–Crippen MR) is 74.7 cm³/mol. The second kappa shape index (κ2) is 7.41. The summed E-state index contributed by atoms with van der Waals surface area (Å²) in [4.78, 5) is 0. The van der Waals surface area contributed by atoms with Gasteiger partial charge in [0.1, 0.15) is 0 Å². The number of unbranched alkanes of at least 4 members (excludes halogenated alkanes) is 1. The number of hydrogen-bond donors (Lipinski definition) is 2. The molecule has 0 atom stereocenters. The summed E-state index contributed by atoms with van der Waals surface area (Å²) >= 11 is 5.90. The van der Waals surface area contributed by atoms with Gasteiger partial charge >= 0.3 is 0 Å². The van der Waals surface area contributed by atoms with Crippen LogP contribution in [0.1, 0.15) is 26.7 Å². The molecule has 3 N–H and O–H groups in total. The highest BCUT2D eigenvalue weighted by Crippen LogP contribution is 2.22. The molecule has 1 rings (SSSR count). The Bertz CT molecular complexity index is 342. The average molecular weight is 257 g/mol. The Morgan fingerprint density at radius 2 is 2.12 bits per heavy atom. The van der Waals surface area contributed by atoms with Gasteiger partial charge in [0.25, 0.3) is 0 Å². The van der Waals surface area contributed by atoms with Crippen molar-refractivity contribution in [3.05, 3.63) is 23.2 Å². The summed E-state index contributed by atoms with van der Waals surface area (Å²) in [5.41, 5.74) is 7.46. The number of rotatable bonds is 7. The van der Waals surface area contributed by atoms with Gasteiger partial charge in [-0.2, -0.15) is 0 Å². The molecule has 0 saturated carbocycles. The van der Waals surface area contributed by atoms with Crippen molar-refractivity contribution in [2.45, 2.75) is 32.8 Å². The SMILES string of the molecule is CC(C)OCCCCNc1cc(Cl)ccc1N. The van der Waals surface area contributed by atoms with E-state index in [9.17, 15) is 0 Å². The van der Waals surface area contributed by atoms with E-state index in [0.717, 1.165) is 37.4 Å². The Hall–Kier alpha value is -0.930. The molecule has 0 unspecified atom stereocenters. The fourth-order valence-corrected chi connectivity index (χ4v) is 1.62. The Morgan fingerprint density at radius 1 is 1.35 bits per heavy atom. The summed E-state index contributed by atoms with van der Waals surface area (Å²) in [6.45, 7) is 5.78. The maximum atomic E-state index is 5.90. The molecule has 0 radical (unpaired) electrons. The third-order valence-electron chi connectivity index (χ3n) is 2.35. The number of halogens is 1. The van der Waals surface area contributed by atoms with Crippen molar-refractivity contribution in [1.82, 2.24) is 0 Å². The summed E-state index contributed by atoms with van der Waals surface area (Å²) < 4.78 is 5.46. The lowest BCUT2D eigenvalue weighted by atomic mass is 10.2. The lowest BCUT2D eigenvalue weighted by Gasteiger charge is -2.10. The van der Waals surface area contributed by atoms with Crippen LogP contribution >= 0.6 is 11.6 Å². The zero-order chi connectivity index (χ0) is 12.7. The Balaban J connectivity index is 2.20. The fourth-order valence-electron chi connectivity index (χ4n) is 1.45. The number of ether oxygens (including phenoxy) is 1. The van der Waals surface area contributed by atoms with E-state index in [4.69, 9.17) is 22.1 Å². The summed E-state index contributed by atoms with van der Waals surface area (Å²) in [5, 5.41) is 3.98. The summed E-state index contributed by atoms with van der Waals surface area (Å²) in [6, 6.07) is 5.45. The van der Waals surface area contributed by atoms with Crippen LogP contribution in [0.25, 0.3) is 0 Å². The van der Waals surface area contributed by atoms with Gasteiger partial charge in [-0.05, 0) is 44.9 Å². The van der Waals surface area contributed by atoms with Crippen molar-refractivity contribution in [2.75, 3.05) is 24.2 Å². The smallest absolute Gasteiger partial charge is 0.0588 e. The third-order valence-corrected chi connectivity index (χ3v) is 2.59. The first-order valence-electron chi connectivity index (χ1n) is 6.00. The van der Waals surface area contributed by atoms with Crippen molar-refractivity contribution < 1.29 is 4.74 Å². The molecule has 0 aliphatic heterocycles. The van der Waals surface area contributed by atoms with Gasteiger partial charge in [0.15, 0.2) is 0 Å². The van der Waals surface area contributed by atoms with Crippen LogP contribution in [0, 0.1) is 0 Å². The first kappa shape index (κ1) is 14.1. The van der Waals surface area contributed by atoms with Crippen LogP contribution in [0.4, 0.5) is 11.4 Å². The van der Waals surface area contributed by atoms with Crippen LogP contribution in [-0.4, -0.2) is 19.3 Å². The molecule has 0 heterocycles. The Morgan fingerprint density at radius 3 is 2.82 bits per heavy atom. The normalized spacial score (nSPS) is 10.8. The molecular weight excluding hydrogens is 236 g/mol. The molecule has 0 saturated heterocycles. The number of nitrogens with one attached hydrogen (secondary N) is 1. The van der Waals surface area contributed by atoms with Crippen molar-refractivity contribution in [1.29, 1.82) is 0 Å². The highest BCUT2D eigenvalue weighted by Gasteiger charge is 1.99. The lowest BCUT2D eigenvalue weighted by molar-refractivity contribution is 0.0765. The van der Waals surface area contributed by atoms with E-state index < -0.39 is 0 Å². The number of anilines is 2. The largest absolute Gasteiger partial charge is 0.397 e. The Kier molecular flexibility index (Phi) is 6.16. The summed E-state index contributed by atoms with van der Waals surface area (Å²) in [6.07, 6.45) is 2.41. The Labute approximate surface area is 108 Å². The van der Waals surface area contributed by atoms with Crippen LogP contribution in [0.5, 0.6) is 0 Å². The number of nitrogens with two attached hydrogens (primary N) is 1. The van der Waals surface area contributed by atoms with Crippen LogP contribution < -0.4 is 11.1 Å². The zero-order valence-electron chi connectivity index (χ0n) is 10.5. The van der Waals surface area contributed by atoms with Gasteiger partial charge in [0, 0.05) is 18.2 Å². The van der Waals surface area contributed by atoms with Crippen LogP contribution in [-0.2, 0) is 4.74 Å². The van der Waals surface area contributed by atoms with Gasteiger partial charge in [-0.3, -0.25) is 0 Å². The van der Waals surface area contributed by atoms with E-state index in [0.29, 0.717) is 11.1 Å². The molecule has 3 nitrogen and oxygen atoms in total. The van der Waals surface area contributed by atoms with E-state index in [-0.39, 0.29) is 0 Å². The molecule has 4 heteroatoms. The molecular formula is C13H21ClN2O. The first-order valence-corrected chi connectivity index (χ1v) is 6.38. The van der Waals surface area contributed by atoms with Crippen LogP contribution in [0.2, 0.25) is 5.02 Å². The molecule has 17 heavy (non-hydrogen) atoms.